The van der Waals surface area contributed by atoms with Crippen molar-refractivity contribution < 1.29 is 8.42 Å². The molecule has 108 valence electrons. The average molecular weight is 339 g/mol. The molecule has 0 aliphatic heterocycles. The molecule has 0 saturated heterocycles. The number of rotatable bonds is 5. The van der Waals surface area contributed by atoms with E-state index in [1.54, 1.807) is 12.1 Å². The normalized spacial score (nSPS) is 11.0. The molecule has 1 aromatic carbocycles. The Labute approximate surface area is 132 Å². The van der Waals surface area contributed by atoms with Gasteiger partial charge in [-0.2, -0.15) is 5.26 Å². The predicted octanol–water partition coefficient (Wildman–Crippen LogP) is 3.17. The maximum atomic E-state index is 12.1. The molecule has 0 N–H and O–H groups in total. The quantitative estimate of drug-likeness (QED) is 0.783. The van der Waals surface area contributed by atoms with Crippen LogP contribution in [0, 0.1) is 11.3 Å². The smallest absolute Gasteiger partial charge is 0.179 e. The van der Waals surface area contributed by atoms with E-state index in [1.165, 1.54) is 42.2 Å². The van der Waals surface area contributed by atoms with E-state index in [1.807, 2.05) is 6.07 Å². The first-order chi connectivity index (χ1) is 10.0. The second-order valence-electron chi connectivity index (χ2n) is 4.12. The molecule has 0 amide bonds. The van der Waals surface area contributed by atoms with Gasteiger partial charge < -0.3 is 0 Å². The highest BCUT2D eigenvalue weighted by atomic mass is 35.5. The maximum absolute atomic E-state index is 12.1. The van der Waals surface area contributed by atoms with Gasteiger partial charge in [0.15, 0.2) is 9.84 Å². The van der Waals surface area contributed by atoms with Crippen LogP contribution in [0.3, 0.4) is 0 Å². The van der Waals surface area contributed by atoms with E-state index in [-0.39, 0.29) is 10.6 Å². The van der Waals surface area contributed by atoms with Crippen molar-refractivity contribution in [1.29, 1.82) is 5.26 Å². The summed E-state index contributed by atoms with van der Waals surface area (Å²) in [7, 11) is -3.35. The van der Waals surface area contributed by atoms with Gasteiger partial charge in [-0.25, -0.2) is 13.4 Å². The minimum absolute atomic E-state index is 0.00781. The van der Waals surface area contributed by atoms with E-state index in [9.17, 15) is 8.42 Å². The van der Waals surface area contributed by atoms with Crippen LogP contribution in [0.5, 0.6) is 0 Å². The molecular weight excluding hydrogens is 328 g/mol. The largest absolute Gasteiger partial charge is 0.248 e. The van der Waals surface area contributed by atoms with Gasteiger partial charge in [0.2, 0.25) is 0 Å². The summed E-state index contributed by atoms with van der Waals surface area (Å²) < 4.78 is 24.3. The molecule has 4 nitrogen and oxygen atoms in total. The Morgan fingerprint density at radius 3 is 2.48 bits per heavy atom. The van der Waals surface area contributed by atoms with Gasteiger partial charge in [0.1, 0.15) is 0 Å². The van der Waals surface area contributed by atoms with Gasteiger partial charge in [-0.1, -0.05) is 11.6 Å². The van der Waals surface area contributed by atoms with E-state index >= 15 is 0 Å². The van der Waals surface area contributed by atoms with Crippen LogP contribution in [0.2, 0.25) is 5.02 Å². The first kappa shape index (κ1) is 15.8. The third kappa shape index (κ3) is 4.46. The molecule has 7 heteroatoms. The van der Waals surface area contributed by atoms with Crippen LogP contribution in [0.4, 0.5) is 0 Å². The topological polar surface area (TPSA) is 70.8 Å². The number of sulfone groups is 1. The molecule has 2 rings (SSSR count). The van der Waals surface area contributed by atoms with Crippen LogP contribution in [0.1, 0.15) is 5.56 Å². The fourth-order valence-corrected chi connectivity index (χ4v) is 4.17. The standard InChI is InChI=1S/C14H11ClN2O2S2/c15-12-3-6-14(17-10-12)20-7-8-21(18,19)13-4-1-11(9-16)2-5-13/h1-6,10H,7-8H2. The van der Waals surface area contributed by atoms with Gasteiger partial charge in [0.05, 0.1) is 32.3 Å². The molecule has 0 spiro atoms. The lowest BCUT2D eigenvalue weighted by atomic mass is 10.2. The first-order valence-electron chi connectivity index (χ1n) is 5.98. The molecule has 0 atom stereocenters. The molecule has 0 aliphatic carbocycles. The lowest BCUT2D eigenvalue weighted by Gasteiger charge is -2.04. The Morgan fingerprint density at radius 2 is 1.90 bits per heavy atom. The lowest BCUT2D eigenvalue weighted by molar-refractivity contribution is 0.597. The third-order valence-electron chi connectivity index (χ3n) is 2.64. The average Bonchev–Trinajstić information content (AvgIpc) is 2.49. The van der Waals surface area contributed by atoms with Crippen LogP contribution in [0.15, 0.2) is 52.5 Å². The van der Waals surface area contributed by atoms with E-state index in [2.05, 4.69) is 4.98 Å². The fraction of sp³-hybridized carbons (Fsp3) is 0.143. The number of hydrogen-bond donors (Lipinski definition) is 0. The van der Waals surface area contributed by atoms with Gasteiger partial charge >= 0.3 is 0 Å². The molecule has 1 aromatic heterocycles. The van der Waals surface area contributed by atoms with Crippen molar-refractivity contribution in [2.45, 2.75) is 9.92 Å². The van der Waals surface area contributed by atoms with Crippen LogP contribution in [0.25, 0.3) is 0 Å². The van der Waals surface area contributed by atoms with Crippen molar-refractivity contribution in [2.24, 2.45) is 0 Å². The summed E-state index contributed by atoms with van der Waals surface area (Å²) in [5.41, 5.74) is 0.439. The molecule has 0 aliphatic rings. The molecule has 1 heterocycles. The minimum atomic E-state index is -3.35. The van der Waals surface area contributed by atoms with Gasteiger partial charge in [-0.15, -0.1) is 11.8 Å². The molecular formula is C14H11ClN2O2S2. The van der Waals surface area contributed by atoms with E-state index in [0.29, 0.717) is 16.3 Å². The summed E-state index contributed by atoms with van der Waals surface area (Å²) in [6.45, 7) is 0. The minimum Gasteiger partial charge on any atom is -0.248 e. The number of pyridine rings is 1. The Hall–Kier alpha value is -1.55. The van der Waals surface area contributed by atoms with Crippen molar-refractivity contribution in [2.75, 3.05) is 11.5 Å². The van der Waals surface area contributed by atoms with Crippen molar-refractivity contribution in [3.8, 4) is 6.07 Å². The lowest BCUT2D eigenvalue weighted by Crippen LogP contribution is -2.08. The van der Waals surface area contributed by atoms with Gasteiger partial charge in [-0.3, -0.25) is 0 Å². The number of thioether (sulfide) groups is 1. The summed E-state index contributed by atoms with van der Waals surface area (Å²) in [5, 5.41) is 9.98. The zero-order valence-corrected chi connectivity index (χ0v) is 13.2. The SMILES string of the molecule is N#Cc1ccc(S(=O)(=O)CCSc2ccc(Cl)cn2)cc1. The van der Waals surface area contributed by atoms with Gasteiger partial charge in [0, 0.05) is 11.9 Å². The van der Waals surface area contributed by atoms with Crippen molar-refractivity contribution in [3.05, 3.63) is 53.2 Å². The summed E-state index contributed by atoms with van der Waals surface area (Å²) in [5.74, 6) is 0.408. The molecule has 0 fully saturated rings. The highest BCUT2D eigenvalue weighted by Crippen LogP contribution is 2.19. The fourth-order valence-electron chi connectivity index (χ4n) is 1.56. The molecule has 0 bridgehead atoms. The number of halogens is 1. The molecule has 0 saturated carbocycles. The Kier molecular flexibility index (Phi) is 5.23. The van der Waals surface area contributed by atoms with Crippen molar-refractivity contribution >= 4 is 33.2 Å². The van der Waals surface area contributed by atoms with Crippen LogP contribution < -0.4 is 0 Å². The number of aromatic nitrogens is 1. The summed E-state index contributed by atoms with van der Waals surface area (Å²) in [6, 6.07) is 11.3. The maximum Gasteiger partial charge on any atom is 0.179 e. The Morgan fingerprint density at radius 1 is 1.19 bits per heavy atom. The van der Waals surface area contributed by atoms with E-state index in [4.69, 9.17) is 16.9 Å². The molecule has 0 radical (unpaired) electrons. The second kappa shape index (κ2) is 6.94. The second-order valence-corrected chi connectivity index (χ2v) is 7.78. The zero-order chi connectivity index (χ0) is 15.3. The highest BCUT2D eigenvalue weighted by molar-refractivity contribution is 8.00. The summed E-state index contributed by atoms with van der Waals surface area (Å²) in [6.07, 6.45) is 1.53. The van der Waals surface area contributed by atoms with E-state index < -0.39 is 9.84 Å². The summed E-state index contributed by atoms with van der Waals surface area (Å²) >= 11 is 7.09. The van der Waals surface area contributed by atoms with Crippen LogP contribution >= 0.6 is 23.4 Å². The number of benzene rings is 1. The van der Waals surface area contributed by atoms with Crippen molar-refractivity contribution in [1.82, 2.24) is 4.98 Å². The highest BCUT2D eigenvalue weighted by Gasteiger charge is 2.14. The first-order valence-corrected chi connectivity index (χ1v) is 9.00. The monoisotopic (exact) mass is 338 g/mol. The predicted molar refractivity (Wildman–Crippen MR) is 83.2 cm³/mol. The Bertz CT molecular complexity index is 751. The van der Waals surface area contributed by atoms with Gasteiger partial charge in [0.25, 0.3) is 0 Å². The summed E-state index contributed by atoms with van der Waals surface area (Å²) in [4.78, 5) is 4.32. The molecule has 21 heavy (non-hydrogen) atoms. The number of hydrogen-bond acceptors (Lipinski definition) is 5. The van der Waals surface area contributed by atoms with E-state index in [0.717, 1.165) is 5.03 Å². The molecule has 2 aromatic rings. The number of nitriles is 1. The van der Waals surface area contributed by atoms with Crippen LogP contribution in [-0.4, -0.2) is 24.9 Å². The van der Waals surface area contributed by atoms with Crippen LogP contribution in [-0.2, 0) is 9.84 Å². The molecule has 0 unspecified atom stereocenters. The van der Waals surface area contributed by atoms with Gasteiger partial charge in [-0.05, 0) is 36.4 Å². The third-order valence-corrected chi connectivity index (χ3v) is 5.80. The Balaban J connectivity index is 1.97. The van der Waals surface area contributed by atoms with Crippen molar-refractivity contribution in [3.63, 3.8) is 0 Å². The zero-order valence-electron chi connectivity index (χ0n) is 10.9. The number of nitrogens with zero attached hydrogens (tertiary/aromatic N) is 2.